The van der Waals surface area contributed by atoms with Crippen molar-refractivity contribution in [3.8, 4) is 5.75 Å². The molecule has 31 heavy (non-hydrogen) atoms. The molecule has 2 aromatic rings. The third-order valence-electron chi connectivity index (χ3n) is 5.97. The maximum absolute atomic E-state index is 13.4. The predicted molar refractivity (Wildman–Crippen MR) is 121 cm³/mol. The summed E-state index contributed by atoms with van der Waals surface area (Å²) in [7, 11) is 1.59. The second kappa shape index (κ2) is 10.6. The average Bonchev–Trinajstić information content (AvgIpc) is 3.44. The van der Waals surface area contributed by atoms with Gasteiger partial charge >= 0.3 is 0 Å². The number of hydrogen-bond donors (Lipinski definition) is 1. The second-order valence-electron chi connectivity index (χ2n) is 8.52. The molecule has 7 heteroatoms. The molecular formula is C24H32N2O4S. The van der Waals surface area contributed by atoms with Crippen molar-refractivity contribution < 1.29 is 19.4 Å². The smallest absolute Gasteiger partial charge is 0.237 e. The molecule has 1 aromatic carbocycles. The van der Waals surface area contributed by atoms with Crippen LogP contribution in [0, 0.1) is 5.92 Å². The molecule has 0 bridgehead atoms. The van der Waals surface area contributed by atoms with E-state index in [9.17, 15) is 9.90 Å². The summed E-state index contributed by atoms with van der Waals surface area (Å²) in [5.41, 5.74) is 1.20. The quantitative estimate of drug-likeness (QED) is 0.577. The van der Waals surface area contributed by atoms with Crippen LogP contribution in [0.1, 0.15) is 29.3 Å². The Labute approximate surface area is 188 Å². The lowest BCUT2D eigenvalue weighted by Gasteiger charge is -2.37. The molecule has 168 valence electrons. The third kappa shape index (κ3) is 6.07. The van der Waals surface area contributed by atoms with E-state index < -0.39 is 6.10 Å². The lowest BCUT2D eigenvalue weighted by molar-refractivity contribution is -0.136. The highest BCUT2D eigenvalue weighted by molar-refractivity contribution is 7.10. The number of ether oxygens (including phenoxy) is 2. The van der Waals surface area contributed by atoms with Gasteiger partial charge in [-0.25, -0.2) is 0 Å². The van der Waals surface area contributed by atoms with Crippen molar-refractivity contribution in [2.75, 3.05) is 46.5 Å². The van der Waals surface area contributed by atoms with Gasteiger partial charge in [0, 0.05) is 31.6 Å². The van der Waals surface area contributed by atoms with Gasteiger partial charge < -0.3 is 19.5 Å². The van der Waals surface area contributed by atoms with Gasteiger partial charge in [0.15, 0.2) is 0 Å². The summed E-state index contributed by atoms with van der Waals surface area (Å²) in [6, 6.07) is 11.8. The van der Waals surface area contributed by atoms with Gasteiger partial charge in [-0.1, -0.05) is 18.2 Å². The Morgan fingerprint density at radius 2 is 2.10 bits per heavy atom. The van der Waals surface area contributed by atoms with Gasteiger partial charge in [0.2, 0.25) is 5.91 Å². The molecule has 1 aromatic heterocycles. The number of para-hydroxylation sites is 1. The summed E-state index contributed by atoms with van der Waals surface area (Å²) in [4.78, 5) is 18.8. The van der Waals surface area contributed by atoms with Gasteiger partial charge in [0.05, 0.1) is 25.3 Å². The molecule has 6 nitrogen and oxygen atoms in total. The van der Waals surface area contributed by atoms with Gasteiger partial charge in [-0.15, -0.1) is 11.3 Å². The Balaban J connectivity index is 1.44. The van der Waals surface area contributed by atoms with E-state index in [2.05, 4.69) is 16.3 Å². The Bertz CT molecular complexity index is 839. The minimum Gasteiger partial charge on any atom is -0.491 e. The van der Waals surface area contributed by atoms with Crippen LogP contribution in [0.15, 0.2) is 41.8 Å². The molecular weight excluding hydrogens is 412 g/mol. The SMILES string of the molecule is COCC(O)CN(CC(=O)N1CCc2sccc2C1COc1ccccc1)CC1CC1. The number of methoxy groups -OCH3 is 1. The molecule has 4 rings (SSSR count). The molecule has 2 unspecified atom stereocenters. The number of thiophene rings is 1. The first-order valence-electron chi connectivity index (χ1n) is 11.1. The summed E-state index contributed by atoms with van der Waals surface area (Å²) >= 11 is 1.76. The zero-order valence-electron chi connectivity index (χ0n) is 18.1. The van der Waals surface area contributed by atoms with Crippen LogP contribution in [-0.2, 0) is 16.0 Å². The first-order chi connectivity index (χ1) is 15.1. The van der Waals surface area contributed by atoms with E-state index in [0.29, 0.717) is 32.2 Å². The van der Waals surface area contributed by atoms with Gasteiger partial charge in [-0.3, -0.25) is 9.69 Å². The summed E-state index contributed by atoms with van der Waals surface area (Å²) in [5.74, 6) is 1.56. The first kappa shape index (κ1) is 22.3. The Kier molecular flexibility index (Phi) is 7.61. The molecule has 1 fully saturated rings. The van der Waals surface area contributed by atoms with E-state index >= 15 is 0 Å². The fourth-order valence-electron chi connectivity index (χ4n) is 4.26. The van der Waals surface area contributed by atoms with Crippen LogP contribution in [0.3, 0.4) is 0 Å². The van der Waals surface area contributed by atoms with Gasteiger partial charge in [0.25, 0.3) is 0 Å². The zero-order chi connectivity index (χ0) is 21.6. The second-order valence-corrected chi connectivity index (χ2v) is 9.52. The van der Waals surface area contributed by atoms with Crippen LogP contribution in [0.5, 0.6) is 5.75 Å². The minimum absolute atomic E-state index is 0.0885. The molecule has 1 aliphatic carbocycles. The zero-order valence-corrected chi connectivity index (χ0v) is 18.9. The maximum Gasteiger partial charge on any atom is 0.237 e. The molecule has 2 atom stereocenters. The largest absolute Gasteiger partial charge is 0.491 e. The third-order valence-corrected chi connectivity index (χ3v) is 6.96. The lowest BCUT2D eigenvalue weighted by atomic mass is 10.0. The van der Waals surface area contributed by atoms with Crippen molar-refractivity contribution >= 4 is 17.2 Å². The number of fused-ring (bicyclic) bond motifs is 1. The monoisotopic (exact) mass is 444 g/mol. The van der Waals surface area contributed by atoms with Crippen LogP contribution in [0.2, 0.25) is 0 Å². The van der Waals surface area contributed by atoms with E-state index in [1.807, 2.05) is 35.2 Å². The Morgan fingerprint density at radius 1 is 1.29 bits per heavy atom. The maximum atomic E-state index is 13.4. The van der Waals surface area contributed by atoms with Crippen LogP contribution < -0.4 is 4.74 Å². The summed E-state index contributed by atoms with van der Waals surface area (Å²) in [6.07, 6.45) is 2.72. The summed E-state index contributed by atoms with van der Waals surface area (Å²) < 4.78 is 11.1. The Morgan fingerprint density at radius 3 is 2.84 bits per heavy atom. The van der Waals surface area contributed by atoms with Crippen LogP contribution in [0.25, 0.3) is 0 Å². The van der Waals surface area contributed by atoms with Gasteiger partial charge in [0.1, 0.15) is 12.4 Å². The van der Waals surface area contributed by atoms with E-state index in [1.54, 1.807) is 18.4 Å². The molecule has 0 saturated heterocycles. The molecule has 1 aliphatic heterocycles. The number of aliphatic hydroxyl groups excluding tert-OH is 1. The van der Waals surface area contributed by atoms with Crippen molar-refractivity contribution in [3.05, 3.63) is 52.2 Å². The van der Waals surface area contributed by atoms with Crippen molar-refractivity contribution in [3.63, 3.8) is 0 Å². The first-order valence-corrected chi connectivity index (χ1v) is 11.9. The van der Waals surface area contributed by atoms with Gasteiger partial charge in [-0.2, -0.15) is 0 Å². The summed E-state index contributed by atoms with van der Waals surface area (Å²) in [6.45, 7) is 3.05. The fourth-order valence-corrected chi connectivity index (χ4v) is 5.19. The number of benzene rings is 1. The molecule has 1 amide bonds. The van der Waals surface area contributed by atoms with Crippen molar-refractivity contribution in [1.29, 1.82) is 0 Å². The fraction of sp³-hybridized carbons (Fsp3) is 0.542. The molecule has 0 radical (unpaired) electrons. The number of carbonyl (C=O) groups excluding carboxylic acids is 1. The molecule has 0 spiro atoms. The normalized spacial score (nSPS) is 19.3. The number of nitrogens with zero attached hydrogens (tertiary/aromatic N) is 2. The average molecular weight is 445 g/mol. The van der Waals surface area contributed by atoms with Crippen molar-refractivity contribution in [2.45, 2.75) is 31.4 Å². The van der Waals surface area contributed by atoms with Gasteiger partial charge in [-0.05, 0) is 54.3 Å². The van der Waals surface area contributed by atoms with E-state index in [-0.39, 0.29) is 18.6 Å². The Hall–Kier alpha value is -1.93. The molecule has 2 aliphatic rings. The standard InChI is InChI=1S/C24H32N2O4S/c1-29-16-19(27)14-25(13-18-7-8-18)15-24(28)26-11-9-23-21(10-12-31-23)22(26)17-30-20-5-3-2-4-6-20/h2-6,10,12,18-19,22,27H,7-9,11,13-17H2,1H3. The van der Waals surface area contributed by atoms with Crippen molar-refractivity contribution in [2.24, 2.45) is 5.92 Å². The van der Waals surface area contributed by atoms with E-state index in [1.165, 1.54) is 23.3 Å². The topological polar surface area (TPSA) is 62.2 Å². The number of rotatable bonds is 11. The highest BCUT2D eigenvalue weighted by Crippen LogP contribution is 2.34. The lowest BCUT2D eigenvalue weighted by Crippen LogP contribution is -2.48. The molecule has 1 saturated carbocycles. The number of hydrogen-bond acceptors (Lipinski definition) is 6. The highest BCUT2D eigenvalue weighted by atomic mass is 32.1. The molecule has 1 N–H and O–H groups in total. The van der Waals surface area contributed by atoms with E-state index in [4.69, 9.17) is 9.47 Å². The van der Waals surface area contributed by atoms with Crippen LogP contribution in [-0.4, -0.2) is 73.4 Å². The van der Waals surface area contributed by atoms with Crippen LogP contribution >= 0.6 is 11.3 Å². The molecule has 2 heterocycles. The summed E-state index contributed by atoms with van der Waals surface area (Å²) in [5, 5.41) is 12.3. The predicted octanol–water partition coefficient (Wildman–Crippen LogP) is 2.97. The number of amides is 1. The number of aliphatic hydroxyl groups is 1. The van der Waals surface area contributed by atoms with Crippen LogP contribution in [0.4, 0.5) is 0 Å². The highest BCUT2D eigenvalue weighted by Gasteiger charge is 2.34. The van der Waals surface area contributed by atoms with E-state index in [0.717, 1.165) is 18.7 Å². The number of carbonyl (C=O) groups is 1. The minimum atomic E-state index is -0.585. The van der Waals surface area contributed by atoms with Crippen molar-refractivity contribution in [1.82, 2.24) is 9.80 Å².